The van der Waals surface area contributed by atoms with Crippen molar-refractivity contribution in [2.45, 2.75) is 26.3 Å². The highest BCUT2D eigenvalue weighted by molar-refractivity contribution is 5.94. The van der Waals surface area contributed by atoms with E-state index in [9.17, 15) is 19.3 Å². The number of carbonyl (C=O) groups is 1. The topological polar surface area (TPSA) is 72.2 Å². The van der Waals surface area contributed by atoms with Gasteiger partial charge in [-0.3, -0.25) is 14.9 Å². The number of nitro benzene ring substituents is 1. The molecule has 0 aromatic heterocycles. The van der Waals surface area contributed by atoms with Crippen molar-refractivity contribution in [3.8, 4) is 0 Å². The Kier molecular flexibility index (Phi) is 2.80. The highest BCUT2D eigenvalue weighted by Gasteiger charge is 2.46. The summed E-state index contributed by atoms with van der Waals surface area (Å²) in [7, 11) is 0. The summed E-state index contributed by atoms with van der Waals surface area (Å²) in [6.07, 6.45) is 0.883. The van der Waals surface area contributed by atoms with Gasteiger partial charge in [0.25, 0.3) is 5.91 Å². The second kappa shape index (κ2) is 4.04. The highest BCUT2D eigenvalue weighted by atomic mass is 19.1. The molecular formula is C12H13FN2O3. The van der Waals surface area contributed by atoms with Crippen molar-refractivity contribution in [2.24, 2.45) is 5.41 Å². The van der Waals surface area contributed by atoms with Crippen LogP contribution in [0.5, 0.6) is 0 Å². The van der Waals surface area contributed by atoms with Gasteiger partial charge >= 0.3 is 5.69 Å². The van der Waals surface area contributed by atoms with Crippen molar-refractivity contribution in [2.75, 3.05) is 0 Å². The standard InChI is InChI=1S/C12H13FN2O3/c1-12(2)6-10(12)14-11(16)7-3-4-9(15(17)18)8(13)5-7/h3-5,10H,6H2,1-2H3,(H,14,16). The first-order valence-electron chi connectivity index (χ1n) is 5.56. The number of hydrogen-bond acceptors (Lipinski definition) is 3. The number of nitro groups is 1. The summed E-state index contributed by atoms with van der Waals surface area (Å²) in [5, 5.41) is 13.2. The Bertz CT molecular complexity index is 528. The molecule has 1 atom stereocenters. The van der Waals surface area contributed by atoms with Crippen molar-refractivity contribution in [1.29, 1.82) is 0 Å². The maximum absolute atomic E-state index is 13.3. The van der Waals surface area contributed by atoms with Gasteiger partial charge < -0.3 is 5.32 Å². The Morgan fingerprint density at radius 3 is 2.61 bits per heavy atom. The van der Waals surface area contributed by atoms with Gasteiger partial charge in [-0.05, 0) is 24.0 Å². The van der Waals surface area contributed by atoms with Crippen LogP contribution in [0, 0.1) is 21.3 Å². The molecule has 96 valence electrons. The van der Waals surface area contributed by atoms with Crippen LogP contribution in [0.1, 0.15) is 30.6 Å². The first kappa shape index (κ1) is 12.5. The third kappa shape index (κ3) is 2.32. The average molecular weight is 252 g/mol. The zero-order valence-electron chi connectivity index (χ0n) is 10.1. The minimum Gasteiger partial charge on any atom is -0.349 e. The summed E-state index contributed by atoms with van der Waals surface area (Å²) in [6, 6.07) is 3.24. The summed E-state index contributed by atoms with van der Waals surface area (Å²) in [5.74, 6) is -1.40. The van der Waals surface area contributed by atoms with Crippen molar-refractivity contribution in [3.05, 3.63) is 39.7 Å². The molecule has 18 heavy (non-hydrogen) atoms. The predicted molar refractivity (Wildman–Crippen MR) is 62.7 cm³/mol. The number of amides is 1. The maximum Gasteiger partial charge on any atom is 0.304 e. The Balaban J connectivity index is 2.12. The van der Waals surface area contributed by atoms with Crippen molar-refractivity contribution in [3.63, 3.8) is 0 Å². The first-order chi connectivity index (χ1) is 8.31. The van der Waals surface area contributed by atoms with Crippen LogP contribution in [0.15, 0.2) is 18.2 Å². The third-order valence-corrected chi connectivity index (χ3v) is 3.23. The first-order valence-corrected chi connectivity index (χ1v) is 5.56. The summed E-state index contributed by atoms with van der Waals surface area (Å²) in [5.41, 5.74) is -0.450. The van der Waals surface area contributed by atoms with Crippen LogP contribution in [0.25, 0.3) is 0 Å². The Labute approximate surface area is 103 Å². The van der Waals surface area contributed by atoms with Gasteiger partial charge in [-0.2, -0.15) is 4.39 Å². The molecule has 6 heteroatoms. The molecule has 1 aliphatic carbocycles. The Hall–Kier alpha value is -1.98. The molecule has 0 bridgehead atoms. The third-order valence-electron chi connectivity index (χ3n) is 3.23. The molecule has 0 aliphatic heterocycles. The number of nitrogens with one attached hydrogen (secondary N) is 1. The molecule has 1 amide bonds. The summed E-state index contributed by atoms with van der Waals surface area (Å²) in [6.45, 7) is 4.04. The van der Waals surface area contributed by atoms with E-state index in [2.05, 4.69) is 5.32 Å². The Morgan fingerprint density at radius 1 is 1.56 bits per heavy atom. The fourth-order valence-corrected chi connectivity index (χ4v) is 1.75. The van der Waals surface area contributed by atoms with Crippen molar-refractivity contribution >= 4 is 11.6 Å². The summed E-state index contributed by atoms with van der Waals surface area (Å²) < 4.78 is 13.3. The van der Waals surface area contributed by atoms with E-state index in [1.54, 1.807) is 0 Å². The molecule has 5 nitrogen and oxygen atoms in total. The molecule has 2 rings (SSSR count). The van der Waals surface area contributed by atoms with Gasteiger partial charge in [-0.25, -0.2) is 0 Å². The normalized spacial score (nSPS) is 20.3. The van der Waals surface area contributed by atoms with E-state index >= 15 is 0 Å². The van der Waals surface area contributed by atoms with Crippen LogP contribution in [-0.2, 0) is 0 Å². The molecule has 1 aromatic rings. The van der Waals surface area contributed by atoms with Crippen LogP contribution in [0.4, 0.5) is 10.1 Å². The zero-order chi connectivity index (χ0) is 13.5. The van der Waals surface area contributed by atoms with Gasteiger partial charge in [0, 0.05) is 17.7 Å². The van der Waals surface area contributed by atoms with E-state index in [4.69, 9.17) is 0 Å². The lowest BCUT2D eigenvalue weighted by molar-refractivity contribution is -0.387. The minimum absolute atomic E-state index is 0.0784. The molecular weight excluding hydrogens is 239 g/mol. The van der Waals surface area contributed by atoms with E-state index in [0.717, 1.165) is 18.6 Å². The molecule has 0 spiro atoms. The van der Waals surface area contributed by atoms with Crippen LogP contribution in [0.3, 0.4) is 0 Å². The second-order valence-corrected chi connectivity index (χ2v) is 5.14. The molecule has 1 saturated carbocycles. The molecule has 1 aromatic carbocycles. The summed E-state index contributed by atoms with van der Waals surface area (Å²) >= 11 is 0. The van der Waals surface area contributed by atoms with Gasteiger partial charge in [0.2, 0.25) is 5.82 Å². The molecule has 1 N–H and O–H groups in total. The largest absolute Gasteiger partial charge is 0.349 e. The number of hydrogen-bond donors (Lipinski definition) is 1. The van der Waals surface area contributed by atoms with Gasteiger partial charge in [0.1, 0.15) is 0 Å². The fourth-order valence-electron chi connectivity index (χ4n) is 1.75. The van der Waals surface area contributed by atoms with Crippen LogP contribution < -0.4 is 5.32 Å². The maximum atomic E-state index is 13.3. The van der Waals surface area contributed by atoms with E-state index in [1.807, 2.05) is 13.8 Å². The average Bonchev–Trinajstić information content (AvgIpc) is 2.85. The fraction of sp³-hybridized carbons (Fsp3) is 0.417. The molecule has 0 heterocycles. The van der Waals surface area contributed by atoms with E-state index < -0.39 is 22.3 Å². The van der Waals surface area contributed by atoms with Crippen LogP contribution in [-0.4, -0.2) is 16.9 Å². The number of nitrogens with zero attached hydrogens (tertiary/aromatic N) is 1. The molecule has 1 unspecified atom stereocenters. The van der Waals surface area contributed by atoms with Gasteiger partial charge in [0.15, 0.2) is 0 Å². The summed E-state index contributed by atoms with van der Waals surface area (Å²) in [4.78, 5) is 21.4. The van der Waals surface area contributed by atoms with Crippen LogP contribution >= 0.6 is 0 Å². The lowest BCUT2D eigenvalue weighted by Crippen LogP contribution is -2.28. The molecule has 1 fully saturated rings. The second-order valence-electron chi connectivity index (χ2n) is 5.14. The number of benzene rings is 1. The van der Waals surface area contributed by atoms with Gasteiger partial charge in [-0.1, -0.05) is 13.8 Å². The lowest BCUT2D eigenvalue weighted by Gasteiger charge is -2.06. The highest BCUT2D eigenvalue weighted by Crippen LogP contribution is 2.44. The van der Waals surface area contributed by atoms with E-state index in [-0.39, 0.29) is 17.0 Å². The van der Waals surface area contributed by atoms with E-state index in [0.29, 0.717) is 0 Å². The van der Waals surface area contributed by atoms with Crippen molar-refractivity contribution in [1.82, 2.24) is 5.32 Å². The molecule has 0 radical (unpaired) electrons. The van der Waals surface area contributed by atoms with Gasteiger partial charge in [-0.15, -0.1) is 0 Å². The van der Waals surface area contributed by atoms with Gasteiger partial charge in [0.05, 0.1) is 4.92 Å². The smallest absolute Gasteiger partial charge is 0.304 e. The zero-order valence-corrected chi connectivity index (χ0v) is 10.1. The molecule has 1 aliphatic rings. The molecule has 0 saturated heterocycles. The predicted octanol–water partition coefficient (Wildman–Crippen LogP) is 2.26. The lowest BCUT2D eigenvalue weighted by atomic mass is 10.1. The Morgan fingerprint density at radius 2 is 2.17 bits per heavy atom. The number of rotatable bonds is 3. The SMILES string of the molecule is CC1(C)CC1NC(=O)c1ccc([N+](=O)[O-])c(F)c1. The monoisotopic (exact) mass is 252 g/mol. The number of halogens is 1. The minimum atomic E-state index is -0.997. The van der Waals surface area contributed by atoms with E-state index in [1.165, 1.54) is 6.07 Å². The number of carbonyl (C=O) groups excluding carboxylic acids is 1. The van der Waals surface area contributed by atoms with Crippen molar-refractivity contribution < 1.29 is 14.1 Å². The van der Waals surface area contributed by atoms with Crippen LogP contribution in [0.2, 0.25) is 0 Å². The quantitative estimate of drug-likeness (QED) is 0.662.